The molecule has 0 bridgehead atoms. The number of aromatic nitrogens is 1. The lowest BCUT2D eigenvalue weighted by atomic mass is 9.91. The first-order chi connectivity index (χ1) is 19.2. The van der Waals surface area contributed by atoms with Crippen LogP contribution in [0.4, 0.5) is 0 Å². The van der Waals surface area contributed by atoms with Crippen LogP contribution in [-0.2, 0) is 14.4 Å². The van der Waals surface area contributed by atoms with Crippen LogP contribution in [0.25, 0.3) is 17.0 Å². The summed E-state index contributed by atoms with van der Waals surface area (Å²) in [7, 11) is 0. The summed E-state index contributed by atoms with van der Waals surface area (Å²) in [4.78, 5) is 42.9. The molecule has 3 rings (SSSR count). The highest BCUT2D eigenvalue weighted by Crippen LogP contribution is 2.24. The number of nitrogens with zero attached hydrogens (tertiary/aromatic N) is 2. The Morgan fingerprint density at radius 1 is 1.07 bits per heavy atom. The van der Waals surface area contributed by atoms with Crippen molar-refractivity contribution >= 4 is 34.7 Å². The van der Waals surface area contributed by atoms with Crippen LogP contribution >= 0.6 is 0 Å². The van der Waals surface area contributed by atoms with Crippen LogP contribution in [-0.4, -0.2) is 74.1 Å². The molecule has 1 aromatic carbocycles. The highest BCUT2D eigenvalue weighted by atomic mass is 16.5. The number of hydrogen-bond acceptors (Lipinski definition) is 8. The minimum Gasteiger partial charge on any atom is -0.383 e. The molecule has 1 aliphatic rings. The third-order valence-corrected chi connectivity index (χ3v) is 7.31. The fraction of sp³-hybridized carbons (Fsp3) is 0.533. The molecule has 0 radical (unpaired) electrons. The number of rotatable bonds is 10. The number of aliphatic hydroxyl groups excluding tert-OH is 2. The van der Waals surface area contributed by atoms with E-state index in [1.54, 1.807) is 40.7 Å². The van der Waals surface area contributed by atoms with Crippen LogP contribution in [0.1, 0.15) is 71.7 Å². The van der Waals surface area contributed by atoms with Crippen molar-refractivity contribution in [2.45, 2.75) is 84.9 Å². The van der Waals surface area contributed by atoms with Gasteiger partial charge < -0.3 is 26.0 Å². The fourth-order valence-electron chi connectivity index (χ4n) is 4.31. The Hall–Kier alpha value is -3.38. The molecule has 1 fully saturated rings. The largest absolute Gasteiger partial charge is 0.383 e. The molecule has 1 aromatic heterocycles. The molecule has 11 heteroatoms. The van der Waals surface area contributed by atoms with E-state index in [1.807, 2.05) is 43.3 Å². The van der Waals surface area contributed by atoms with Gasteiger partial charge in [-0.3, -0.25) is 24.4 Å². The Bertz CT molecular complexity index is 1280. The zero-order valence-electron chi connectivity index (χ0n) is 24.6. The van der Waals surface area contributed by atoms with Gasteiger partial charge in [-0.05, 0) is 50.3 Å². The van der Waals surface area contributed by atoms with Crippen LogP contribution < -0.4 is 16.1 Å². The fourth-order valence-corrected chi connectivity index (χ4v) is 4.31. The molecule has 0 spiro atoms. The molecule has 1 saturated heterocycles. The van der Waals surface area contributed by atoms with Crippen molar-refractivity contribution in [1.29, 1.82) is 0 Å². The summed E-state index contributed by atoms with van der Waals surface area (Å²) < 4.78 is 0. The lowest BCUT2D eigenvalue weighted by molar-refractivity contribution is -0.144. The number of fused-ring (bicyclic) bond motifs is 1. The van der Waals surface area contributed by atoms with Crippen LogP contribution in [0.3, 0.4) is 0 Å². The number of amides is 3. The van der Waals surface area contributed by atoms with E-state index in [9.17, 15) is 29.7 Å². The monoisotopic (exact) mass is 569 g/mol. The molecule has 3 amide bonds. The molecule has 0 aliphatic carbocycles. The third-order valence-electron chi connectivity index (χ3n) is 7.31. The minimum absolute atomic E-state index is 0.273. The summed E-state index contributed by atoms with van der Waals surface area (Å²) in [5.74, 6) is -1.56. The average Bonchev–Trinajstić information content (AvgIpc) is 2.94. The minimum atomic E-state index is -1.48. The van der Waals surface area contributed by atoms with Crippen molar-refractivity contribution in [3.8, 4) is 0 Å². The van der Waals surface area contributed by atoms with Gasteiger partial charge in [-0.15, -0.1) is 0 Å². The number of carbonyl (C=O) groups excluding carboxylic acids is 3. The van der Waals surface area contributed by atoms with E-state index in [0.717, 1.165) is 16.5 Å². The van der Waals surface area contributed by atoms with Gasteiger partial charge in [0.05, 0.1) is 17.3 Å². The van der Waals surface area contributed by atoms with Crippen molar-refractivity contribution < 1.29 is 29.7 Å². The third kappa shape index (κ3) is 8.32. The molecule has 2 aromatic rings. The van der Waals surface area contributed by atoms with Crippen molar-refractivity contribution in [3.05, 3.63) is 47.7 Å². The standard InChI is InChI=1S/C30H43N5O6/c1-17(2)25(36)27(38)32-19(4)28(39)35-15-7-8-23(34-35)26(37)31-18(3)22-12-11-21-10-9-20(16-24(21)33-22)13-14-30(5,6)29(40)41/h9-14,16-19,23,25,29,34,36,40-41H,7-8,15H2,1-6H3,(H,31,37)(H,32,38). The maximum Gasteiger partial charge on any atom is 0.258 e. The number of hydrogen-bond donors (Lipinski definition) is 6. The van der Waals surface area contributed by atoms with E-state index in [2.05, 4.69) is 16.1 Å². The van der Waals surface area contributed by atoms with Gasteiger partial charge in [-0.25, -0.2) is 5.43 Å². The molecule has 4 unspecified atom stereocenters. The second kappa shape index (κ2) is 13.5. The second-order valence-corrected chi connectivity index (χ2v) is 11.7. The molecule has 0 saturated carbocycles. The van der Waals surface area contributed by atoms with Crippen LogP contribution in [0.5, 0.6) is 0 Å². The lowest BCUT2D eigenvalue weighted by Crippen LogP contribution is -2.61. The van der Waals surface area contributed by atoms with E-state index >= 15 is 0 Å². The Kier molecular flexibility index (Phi) is 10.6. The first-order valence-corrected chi connectivity index (χ1v) is 14.0. The van der Waals surface area contributed by atoms with Crippen molar-refractivity contribution in [1.82, 2.24) is 26.1 Å². The lowest BCUT2D eigenvalue weighted by Gasteiger charge is -2.35. The quantitative estimate of drug-likeness (QED) is 0.236. The predicted octanol–water partition coefficient (Wildman–Crippen LogP) is 1.78. The van der Waals surface area contributed by atoms with Gasteiger partial charge in [0.25, 0.3) is 5.91 Å². The first kappa shape index (κ1) is 32.1. The average molecular weight is 570 g/mol. The maximum atomic E-state index is 13.1. The zero-order chi connectivity index (χ0) is 30.5. The van der Waals surface area contributed by atoms with Gasteiger partial charge >= 0.3 is 0 Å². The SMILES string of the molecule is CC(NC(=O)C(O)C(C)C)C(=O)N1CCCC(C(=O)NC(C)c2ccc3ccc(C=CC(C)(C)C(O)O)cc3n2)N1. The molecule has 1 aliphatic heterocycles. The van der Waals surface area contributed by atoms with Crippen molar-refractivity contribution in [2.75, 3.05) is 6.54 Å². The van der Waals surface area contributed by atoms with Gasteiger partial charge in [0.1, 0.15) is 18.2 Å². The molecular formula is C30H43N5O6. The van der Waals surface area contributed by atoms with Crippen molar-refractivity contribution in [2.24, 2.45) is 11.3 Å². The molecule has 41 heavy (non-hydrogen) atoms. The van der Waals surface area contributed by atoms with Gasteiger partial charge in [0, 0.05) is 17.3 Å². The summed E-state index contributed by atoms with van der Waals surface area (Å²) in [6, 6.07) is 7.63. The highest BCUT2D eigenvalue weighted by Gasteiger charge is 2.32. The summed E-state index contributed by atoms with van der Waals surface area (Å²) in [5, 5.41) is 36.8. The number of hydrazine groups is 1. The van der Waals surface area contributed by atoms with E-state index in [4.69, 9.17) is 4.98 Å². The summed E-state index contributed by atoms with van der Waals surface area (Å²) >= 11 is 0. The molecule has 6 N–H and O–H groups in total. The number of benzene rings is 1. The Labute approximate surface area is 241 Å². The van der Waals surface area contributed by atoms with E-state index in [1.165, 1.54) is 5.01 Å². The maximum absolute atomic E-state index is 13.1. The summed E-state index contributed by atoms with van der Waals surface area (Å²) in [5.41, 5.74) is 4.43. The van der Waals surface area contributed by atoms with Gasteiger partial charge in [-0.1, -0.05) is 58.0 Å². The van der Waals surface area contributed by atoms with Crippen LogP contribution in [0, 0.1) is 11.3 Å². The number of carbonyl (C=O) groups is 3. The van der Waals surface area contributed by atoms with Gasteiger partial charge in [0.15, 0.2) is 6.29 Å². The van der Waals surface area contributed by atoms with E-state index in [-0.39, 0.29) is 11.8 Å². The molecule has 224 valence electrons. The molecule has 4 atom stereocenters. The number of nitrogens with one attached hydrogen (secondary N) is 3. The molecular weight excluding hydrogens is 526 g/mol. The topological polar surface area (TPSA) is 164 Å². The summed E-state index contributed by atoms with van der Waals surface area (Å²) in [6.07, 6.45) is 2.01. The molecule has 11 nitrogen and oxygen atoms in total. The zero-order valence-corrected chi connectivity index (χ0v) is 24.6. The highest BCUT2D eigenvalue weighted by molar-refractivity contribution is 5.89. The Morgan fingerprint density at radius 3 is 2.41 bits per heavy atom. The number of pyridine rings is 1. The normalized spacial score (nSPS) is 18.5. The predicted molar refractivity (Wildman–Crippen MR) is 156 cm³/mol. The Balaban J connectivity index is 1.64. The number of aliphatic hydroxyl groups is 3. The van der Waals surface area contributed by atoms with Gasteiger partial charge in [-0.2, -0.15) is 0 Å². The smallest absolute Gasteiger partial charge is 0.258 e. The van der Waals surface area contributed by atoms with Crippen molar-refractivity contribution in [3.63, 3.8) is 0 Å². The molecule has 2 heterocycles. The van der Waals surface area contributed by atoms with Crippen LogP contribution in [0.15, 0.2) is 36.4 Å². The van der Waals surface area contributed by atoms with Gasteiger partial charge in [0.2, 0.25) is 11.8 Å². The Morgan fingerprint density at radius 2 is 1.76 bits per heavy atom. The van der Waals surface area contributed by atoms with E-state index in [0.29, 0.717) is 25.1 Å². The first-order valence-electron chi connectivity index (χ1n) is 14.0. The summed E-state index contributed by atoms with van der Waals surface area (Å²) in [6.45, 7) is 10.7. The van der Waals surface area contributed by atoms with Crippen LogP contribution in [0.2, 0.25) is 0 Å². The second-order valence-electron chi connectivity index (χ2n) is 11.7. The van der Waals surface area contributed by atoms with E-state index < -0.39 is 47.7 Å².